The van der Waals surface area contributed by atoms with Crippen molar-refractivity contribution in [3.05, 3.63) is 36.0 Å². The maximum Gasteiger partial charge on any atom is 0.333 e. The van der Waals surface area contributed by atoms with Gasteiger partial charge in [0.05, 0.1) is 70.0 Å². The molecule has 0 aromatic heterocycles. The molecule has 0 bridgehead atoms. The first-order chi connectivity index (χ1) is 61.5. The molecule has 8 aliphatic heterocycles. The van der Waals surface area contributed by atoms with Crippen LogP contribution < -0.4 is 5.32 Å². The average Bonchev–Trinajstić information content (AvgIpc) is 0.813. The van der Waals surface area contributed by atoms with Crippen molar-refractivity contribution in [2.45, 2.75) is 379 Å². The number of carbonyl (C=O) groups excluding carboxylic acids is 4. The third kappa shape index (κ3) is 20.4. The van der Waals surface area contributed by atoms with E-state index in [1.807, 2.05) is 0 Å². The summed E-state index contributed by atoms with van der Waals surface area (Å²) in [5, 5.41) is 225. The van der Waals surface area contributed by atoms with E-state index in [4.69, 9.17) is 85.3 Å². The third-order valence-electron chi connectivity index (χ3n) is 31.2. The Bertz CT molecular complexity index is 3970. The van der Waals surface area contributed by atoms with Crippen molar-refractivity contribution in [3.63, 3.8) is 0 Å². The lowest BCUT2D eigenvalue weighted by atomic mass is 9.33. The smallest absolute Gasteiger partial charge is 0.333 e. The molecule has 13 aliphatic rings. The fraction of sp³-hybridized carbons (Fsp3) is 0.886. The molecule has 13 rings (SSSR count). The summed E-state index contributed by atoms with van der Waals surface area (Å²) in [7, 11) is 0. The van der Waals surface area contributed by atoms with Crippen LogP contribution in [0.1, 0.15) is 153 Å². The number of allylic oxidation sites excluding steroid dienone is 3. The van der Waals surface area contributed by atoms with Crippen LogP contribution in [0.15, 0.2) is 36.0 Å². The monoisotopic (exact) mass is 1880 g/mol. The summed E-state index contributed by atoms with van der Waals surface area (Å²) in [6, 6.07) is -1.48. The van der Waals surface area contributed by atoms with Crippen LogP contribution in [0, 0.1) is 50.2 Å². The first-order valence-corrected chi connectivity index (χ1v) is 45.4. The van der Waals surface area contributed by atoms with Gasteiger partial charge >= 0.3 is 17.9 Å². The summed E-state index contributed by atoms with van der Waals surface area (Å²) in [5.74, 6) is -4.08. The fourth-order valence-corrected chi connectivity index (χ4v) is 23.0. The van der Waals surface area contributed by atoms with Crippen LogP contribution in [0.5, 0.6) is 0 Å². The van der Waals surface area contributed by atoms with E-state index in [1.54, 1.807) is 0 Å². The highest BCUT2D eigenvalue weighted by Gasteiger charge is 2.71. The molecule has 5 aliphatic carbocycles. The number of esters is 3. The largest absolute Gasteiger partial charge is 0.459 e. The van der Waals surface area contributed by atoms with E-state index in [9.17, 15) is 117 Å². The molecule has 12 fully saturated rings. The predicted octanol–water partition coefficient (Wildman–Crippen LogP) is -5.25. The molecule has 21 N–H and O–H groups in total. The molecule has 1 amide bonds. The van der Waals surface area contributed by atoms with Crippen molar-refractivity contribution in [3.8, 4) is 0 Å². The molecule has 131 heavy (non-hydrogen) atoms. The Hall–Kier alpha value is -4.30. The van der Waals surface area contributed by atoms with Gasteiger partial charge < -0.3 is 193 Å². The summed E-state index contributed by atoms with van der Waals surface area (Å²) < 4.78 is 111. The van der Waals surface area contributed by atoms with Gasteiger partial charge in [-0.3, -0.25) is 14.4 Å². The third-order valence-corrected chi connectivity index (χ3v) is 31.2. The lowest BCUT2D eigenvalue weighted by Gasteiger charge is -2.71. The van der Waals surface area contributed by atoms with Crippen LogP contribution in [0.3, 0.4) is 0 Å². The second kappa shape index (κ2) is 40.9. The van der Waals surface area contributed by atoms with Gasteiger partial charge in [-0.2, -0.15) is 0 Å². The van der Waals surface area contributed by atoms with Crippen molar-refractivity contribution in [2.24, 2.45) is 50.2 Å². The molecule has 43 nitrogen and oxygen atoms in total. The second-order valence-corrected chi connectivity index (χ2v) is 40.6. The molecule has 0 radical (unpaired) electrons. The Kier molecular flexibility index (Phi) is 32.5. The lowest BCUT2D eigenvalue weighted by Crippen LogP contribution is -2.69. The number of ether oxygens (including phenoxy) is 18. The summed E-state index contributed by atoms with van der Waals surface area (Å²) >= 11 is 0. The topological polar surface area (TPSA) is 651 Å². The van der Waals surface area contributed by atoms with Crippen LogP contribution in [0.25, 0.3) is 0 Å². The van der Waals surface area contributed by atoms with Gasteiger partial charge in [-0.05, 0) is 136 Å². The van der Waals surface area contributed by atoms with E-state index in [-0.39, 0.29) is 48.5 Å². The van der Waals surface area contributed by atoms with E-state index < -0.39 is 343 Å². The lowest BCUT2D eigenvalue weighted by molar-refractivity contribution is -0.381. The van der Waals surface area contributed by atoms with E-state index in [1.165, 1.54) is 32.9 Å². The van der Waals surface area contributed by atoms with Crippen molar-refractivity contribution < 1.29 is 207 Å². The van der Waals surface area contributed by atoms with Crippen molar-refractivity contribution in [2.75, 3.05) is 59.5 Å². The maximum absolute atomic E-state index is 16.6. The van der Waals surface area contributed by atoms with Crippen LogP contribution in [0.2, 0.25) is 0 Å². The standard InChI is InChI=1S/C88H139NO42/c1-13-83(9,112)20-14-15-37(2)71(110)114-33-47-66(128-77-68(120-39(4)94)59(104)56(101)46(29-91)122-77)62(107)69(130-74-63(108)64(44(97)32-116-74)126-79-70(109)88(113,35-92)36-119-79)78(124-47)131-80(111)87-25-23-81(5,6)27-41(87)40-16-17-50-84(10)21-19-51(82(7,8)49(84)18-22-86(50,12)85(40,11)24-26-87)125-72-52(89-38(3)93)57(102)65(127-75-61(106)58(103)55(100)45(28-90)121-75)48(123-72)34-118-76-67(54(99)43(96)31-117-76)129-73-60(105)53(98)42(95)30-115-73/h13,15-16,41-70,72-79,90-92,95-109,112-113H,1,14,17-36H2,2-12H3,(H,89,93). The highest BCUT2D eigenvalue weighted by molar-refractivity contribution is 5.87. The molecular weight excluding hydrogens is 1740 g/mol. The van der Waals surface area contributed by atoms with E-state index in [0.717, 1.165) is 12.5 Å². The number of hydrogen-bond donors (Lipinski definition) is 21. The number of fused-ring (bicyclic) bond motifs is 7. The summed E-state index contributed by atoms with van der Waals surface area (Å²) in [6.07, 6.45) is -51.0. The maximum atomic E-state index is 16.6. The van der Waals surface area contributed by atoms with Gasteiger partial charge in [-0.1, -0.05) is 72.3 Å². The van der Waals surface area contributed by atoms with Crippen LogP contribution in [0.4, 0.5) is 0 Å². The zero-order chi connectivity index (χ0) is 95.8. The van der Waals surface area contributed by atoms with Gasteiger partial charge in [0.25, 0.3) is 0 Å². The molecule has 44 atom stereocenters. The van der Waals surface area contributed by atoms with Gasteiger partial charge in [0.1, 0.15) is 159 Å². The van der Waals surface area contributed by atoms with Crippen molar-refractivity contribution in [1.29, 1.82) is 0 Å². The number of aliphatic hydroxyl groups excluding tert-OH is 18. The Morgan fingerprint density at radius 2 is 1.10 bits per heavy atom. The van der Waals surface area contributed by atoms with Crippen LogP contribution in [-0.2, 0) is 104 Å². The number of amides is 1. The summed E-state index contributed by atoms with van der Waals surface area (Å²) in [4.78, 5) is 56.8. The first kappa shape index (κ1) is 104. The quantitative estimate of drug-likeness (QED) is 0.0109. The van der Waals surface area contributed by atoms with Gasteiger partial charge in [0.2, 0.25) is 12.2 Å². The Balaban J connectivity index is 0.794. The van der Waals surface area contributed by atoms with Gasteiger partial charge in [-0.15, -0.1) is 6.58 Å². The average molecular weight is 1880 g/mol. The SMILES string of the molecule is C=CC(C)(O)CCC=C(C)C(=O)OCC1OC(OC(=O)C23CCC(C)(C)CC2C2=CCC4C5(C)CCC(OC6OC(COC7OCC(O)C(O)C7OC7OCC(O)C(O)C7O)C(OC7OC(CO)C(O)C(O)C7O)C(O)C6NC(C)=O)C(C)(C)C5CCC4(C)C2(C)CC3)C(OC2OCC(O)C(OC3OCC(O)(CO)C3O)C2O)C(O)C1OC1OC(CO)C(O)C(O)C1OC(C)=O. The highest BCUT2D eigenvalue weighted by Crippen LogP contribution is 2.76. The number of aliphatic hydroxyl groups is 20. The molecular formula is C88H139NO42. The van der Waals surface area contributed by atoms with Gasteiger partial charge in [0.15, 0.2) is 56.2 Å². The highest BCUT2D eigenvalue weighted by atomic mass is 16.8. The molecule has 4 saturated carbocycles. The fourth-order valence-electron chi connectivity index (χ4n) is 23.0. The Morgan fingerprint density at radius 3 is 1.74 bits per heavy atom. The minimum absolute atomic E-state index is 0.0298. The number of nitrogens with one attached hydrogen (secondary N) is 1. The minimum atomic E-state index is -2.24. The normalized spacial score (nSPS) is 48.6. The Morgan fingerprint density at radius 1 is 0.534 bits per heavy atom. The van der Waals surface area contributed by atoms with Crippen LogP contribution in [-0.4, -0.2) is 412 Å². The predicted molar refractivity (Wildman–Crippen MR) is 438 cm³/mol. The first-order valence-electron chi connectivity index (χ1n) is 45.4. The molecule has 0 spiro atoms. The molecule has 0 aromatic carbocycles. The molecule has 748 valence electrons. The van der Waals surface area contributed by atoms with Gasteiger partial charge in [0, 0.05) is 19.4 Å². The van der Waals surface area contributed by atoms with Gasteiger partial charge in [-0.25, -0.2) is 4.79 Å². The van der Waals surface area contributed by atoms with E-state index >= 15 is 4.79 Å². The zero-order valence-corrected chi connectivity index (χ0v) is 75.7. The van der Waals surface area contributed by atoms with Crippen molar-refractivity contribution >= 4 is 23.8 Å². The molecule has 43 heteroatoms. The second-order valence-electron chi connectivity index (χ2n) is 40.6. The molecule has 44 unspecified atom stereocenters. The van der Waals surface area contributed by atoms with Crippen molar-refractivity contribution in [1.82, 2.24) is 5.32 Å². The molecule has 8 heterocycles. The Labute approximate surface area is 757 Å². The molecule has 8 saturated heterocycles. The number of carbonyl (C=O) groups is 4. The van der Waals surface area contributed by atoms with E-state index in [2.05, 4.69) is 66.4 Å². The number of hydrogen-bond acceptors (Lipinski definition) is 42. The molecule has 0 aromatic rings. The zero-order valence-electron chi connectivity index (χ0n) is 75.7. The summed E-state index contributed by atoms with van der Waals surface area (Å²) in [6.45, 7) is 17.4. The van der Waals surface area contributed by atoms with E-state index in [0.29, 0.717) is 51.4 Å². The van der Waals surface area contributed by atoms with Crippen LogP contribution >= 0.6 is 0 Å². The summed E-state index contributed by atoms with van der Waals surface area (Å²) in [5.41, 5.74) is -6.52. The minimum Gasteiger partial charge on any atom is -0.459 e. The number of rotatable bonds is 29.